The summed E-state index contributed by atoms with van der Waals surface area (Å²) in [5, 5.41) is 4.38. The molecule has 0 spiro atoms. The molecule has 0 bridgehead atoms. The van der Waals surface area contributed by atoms with Crippen LogP contribution in [0.1, 0.15) is 24.5 Å². The van der Waals surface area contributed by atoms with E-state index in [-0.39, 0.29) is 6.04 Å². The molecule has 0 saturated heterocycles. The van der Waals surface area contributed by atoms with Crippen molar-refractivity contribution in [3.63, 3.8) is 0 Å². The van der Waals surface area contributed by atoms with Crippen molar-refractivity contribution in [1.29, 1.82) is 0 Å². The molecule has 0 aliphatic carbocycles. The highest BCUT2D eigenvalue weighted by atomic mass is 79.9. The van der Waals surface area contributed by atoms with Gasteiger partial charge in [-0.15, -0.1) is 0 Å². The third-order valence-electron chi connectivity index (χ3n) is 3.01. The van der Waals surface area contributed by atoms with E-state index in [1.807, 2.05) is 24.0 Å². The summed E-state index contributed by atoms with van der Waals surface area (Å²) in [4.78, 5) is 0. The van der Waals surface area contributed by atoms with Crippen LogP contribution in [0.25, 0.3) is 5.69 Å². The van der Waals surface area contributed by atoms with Crippen molar-refractivity contribution in [3.8, 4) is 5.69 Å². The molecule has 3 nitrogen and oxygen atoms in total. The van der Waals surface area contributed by atoms with Crippen LogP contribution < -0.4 is 5.73 Å². The zero-order chi connectivity index (χ0) is 13.1. The van der Waals surface area contributed by atoms with Gasteiger partial charge in [-0.05, 0) is 43.0 Å². The third-order valence-corrected chi connectivity index (χ3v) is 3.51. The van der Waals surface area contributed by atoms with Gasteiger partial charge in [0.15, 0.2) is 0 Å². The molecule has 0 aliphatic heterocycles. The van der Waals surface area contributed by atoms with Crippen molar-refractivity contribution in [1.82, 2.24) is 9.78 Å². The second-order valence-corrected chi connectivity index (χ2v) is 5.52. The molecule has 2 N–H and O–H groups in total. The fraction of sp³-hybridized carbons (Fsp3) is 0.357. The number of halogens is 1. The topological polar surface area (TPSA) is 43.8 Å². The van der Waals surface area contributed by atoms with Gasteiger partial charge in [0.25, 0.3) is 0 Å². The molecule has 0 radical (unpaired) electrons. The molecule has 96 valence electrons. The molecule has 1 aromatic carbocycles. The van der Waals surface area contributed by atoms with E-state index in [0.29, 0.717) is 0 Å². The minimum Gasteiger partial charge on any atom is -0.327 e. The molecule has 2 rings (SSSR count). The number of aryl methyl sites for hydroxylation is 1. The monoisotopic (exact) mass is 307 g/mol. The first-order valence-corrected chi connectivity index (χ1v) is 6.95. The Bertz CT molecular complexity index is 534. The van der Waals surface area contributed by atoms with Crippen LogP contribution in [0.4, 0.5) is 0 Å². The summed E-state index contributed by atoms with van der Waals surface area (Å²) in [6, 6.07) is 6.45. The Labute approximate surface area is 116 Å². The van der Waals surface area contributed by atoms with Crippen LogP contribution in [-0.2, 0) is 6.42 Å². The van der Waals surface area contributed by atoms with Crippen LogP contribution in [-0.4, -0.2) is 15.8 Å². The fourth-order valence-corrected chi connectivity index (χ4v) is 2.24. The van der Waals surface area contributed by atoms with Crippen molar-refractivity contribution in [2.24, 2.45) is 5.73 Å². The number of nitrogens with zero attached hydrogens (tertiary/aromatic N) is 2. The van der Waals surface area contributed by atoms with Gasteiger partial charge in [0.1, 0.15) is 0 Å². The lowest BCUT2D eigenvalue weighted by Gasteiger charge is -2.14. The Morgan fingerprint density at radius 3 is 2.83 bits per heavy atom. The predicted molar refractivity (Wildman–Crippen MR) is 78.0 cm³/mol. The standard InChI is InChI=1S/C14H18BrN3/c1-3-13(16)6-11-4-5-12(15)7-14(11)18-9-10(2)8-17-18/h4-5,7-9,13H,3,6,16H2,1-2H3. The summed E-state index contributed by atoms with van der Waals surface area (Å²) >= 11 is 3.51. The number of hydrogen-bond donors (Lipinski definition) is 1. The summed E-state index contributed by atoms with van der Waals surface area (Å²) in [6.07, 6.45) is 5.75. The summed E-state index contributed by atoms with van der Waals surface area (Å²) < 4.78 is 2.97. The largest absolute Gasteiger partial charge is 0.327 e. The predicted octanol–water partition coefficient (Wildman–Crippen LogP) is 3.22. The van der Waals surface area contributed by atoms with Crippen LogP contribution in [0.15, 0.2) is 35.1 Å². The van der Waals surface area contributed by atoms with Gasteiger partial charge in [0, 0.05) is 16.7 Å². The summed E-state index contributed by atoms with van der Waals surface area (Å²) in [7, 11) is 0. The van der Waals surface area contributed by atoms with Gasteiger partial charge in [0.05, 0.1) is 11.9 Å². The van der Waals surface area contributed by atoms with Crippen LogP contribution in [0.3, 0.4) is 0 Å². The maximum absolute atomic E-state index is 6.05. The molecular weight excluding hydrogens is 290 g/mol. The minimum atomic E-state index is 0.196. The van der Waals surface area contributed by atoms with Gasteiger partial charge in [0.2, 0.25) is 0 Å². The second-order valence-electron chi connectivity index (χ2n) is 4.61. The third kappa shape index (κ3) is 3.00. The van der Waals surface area contributed by atoms with E-state index in [1.54, 1.807) is 0 Å². The molecule has 18 heavy (non-hydrogen) atoms. The Morgan fingerprint density at radius 2 is 2.22 bits per heavy atom. The molecule has 1 atom stereocenters. The van der Waals surface area contributed by atoms with Gasteiger partial charge >= 0.3 is 0 Å². The van der Waals surface area contributed by atoms with E-state index < -0.39 is 0 Å². The first-order valence-electron chi connectivity index (χ1n) is 6.15. The SMILES string of the molecule is CCC(N)Cc1ccc(Br)cc1-n1cc(C)cn1. The summed E-state index contributed by atoms with van der Waals surface area (Å²) in [5.74, 6) is 0. The van der Waals surface area contributed by atoms with Crippen molar-refractivity contribution in [2.75, 3.05) is 0 Å². The quantitative estimate of drug-likeness (QED) is 0.942. The van der Waals surface area contributed by atoms with E-state index >= 15 is 0 Å². The maximum Gasteiger partial charge on any atom is 0.0689 e. The van der Waals surface area contributed by atoms with E-state index in [4.69, 9.17) is 5.73 Å². The number of rotatable bonds is 4. The lowest BCUT2D eigenvalue weighted by atomic mass is 10.0. The first-order chi connectivity index (χ1) is 8.60. The number of benzene rings is 1. The molecule has 4 heteroatoms. The average molecular weight is 308 g/mol. The molecule has 0 fully saturated rings. The molecule has 1 unspecified atom stereocenters. The number of nitrogens with two attached hydrogens (primary N) is 1. The number of hydrogen-bond acceptors (Lipinski definition) is 2. The van der Waals surface area contributed by atoms with Crippen LogP contribution >= 0.6 is 15.9 Å². The van der Waals surface area contributed by atoms with Crippen molar-refractivity contribution >= 4 is 15.9 Å². The highest BCUT2D eigenvalue weighted by Gasteiger charge is 2.09. The summed E-state index contributed by atoms with van der Waals surface area (Å²) in [5.41, 5.74) is 9.54. The molecule has 0 amide bonds. The van der Waals surface area contributed by atoms with Crippen molar-refractivity contribution < 1.29 is 0 Å². The van der Waals surface area contributed by atoms with E-state index in [9.17, 15) is 0 Å². The highest BCUT2D eigenvalue weighted by Crippen LogP contribution is 2.21. The van der Waals surface area contributed by atoms with E-state index in [1.165, 1.54) is 5.56 Å². The van der Waals surface area contributed by atoms with Gasteiger partial charge in [-0.3, -0.25) is 0 Å². The zero-order valence-corrected chi connectivity index (χ0v) is 12.3. The lowest BCUT2D eigenvalue weighted by Crippen LogP contribution is -2.22. The van der Waals surface area contributed by atoms with Gasteiger partial charge in [-0.1, -0.05) is 28.9 Å². The van der Waals surface area contributed by atoms with E-state index in [0.717, 1.165) is 28.6 Å². The summed E-state index contributed by atoms with van der Waals surface area (Å²) in [6.45, 7) is 4.15. The first kappa shape index (κ1) is 13.3. The Morgan fingerprint density at radius 1 is 1.44 bits per heavy atom. The average Bonchev–Trinajstić information content (AvgIpc) is 2.78. The molecule has 1 aromatic heterocycles. The van der Waals surface area contributed by atoms with E-state index in [2.05, 4.69) is 46.2 Å². The maximum atomic E-state index is 6.05. The molecular formula is C14H18BrN3. The van der Waals surface area contributed by atoms with Gasteiger partial charge in [-0.25, -0.2) is 4.68 Å². The van der Waals surface area contributed by atoms with Crippen molar-refractivity contribution in [2.45, 2.75) is 32.7 Å². The Balaban J connectivity index is 2.40. The molecule has 0 saturated carbocycles. The van der Waals surface area contributed by atoms with Crippen LogP contribution in [0.2, 0.25) is 0 Å². The number of aromatic nitrogens is 2. The molecule has 1 heterocycles. The highest BCUT2D eigenvalue weighted by molar-refractivity contribution is 9.10. The minimum absolute atomic E-state index is 0.196. The van der Waals surface area contributed by atoms with Crippen molar-refractivity contribution in [3.05, 3.63) is 46.2 Å². The second kappa shape index (κ2) is 5.67. The molecule has 0 aliphatic rings. The zero-order valence-electron chi connectivity index (χ0n) is 10.7. The van der Waals surface area contributed by atoms with Gasteiger partial charge < -0.3 is 5.73 Å². The van der Waals surface area contributed by atoms with Crippen LogP contribution in [0, 0.1) is 6.92 Å². The van der Waals surface area contributed by atoms with Gasteiger partial charge in [-0.2, -0.15) is 5.10 Å². The van der Waals surface area contributed by atoms with Crippen LogP contribution in [0.5, 0.6) is 0 Å². The fourth-order valence-electron chi connectivity index (χ4n) is 1.89. The normalized spacial score (nSPS) is 12.7. The Kier molecular flexibility index (Phi) is 4.19. The lowest BCUT2D eigenvalue weighted by molar-refractivity contribution is 0.642. The molecule has 2 aromatic rings. The smallest absolute Gasteiger partial charge is 0.0689 e. The Hall–Kier alpha value is -1.13.